The SMILES string of the molecule is O=S(=O)(NCCCCBr)c1ccc(Br)cc1F. The van der Waals surface area contributed by atoms with E-state index in [-0.39, 0.29) is 4.90 Å². The first-order valence-electron chi connectivity index (χ1n) is 4.98. The Bertz CT molecular complexity index is 479. The van der Waals surface area contributed by atoms with Gasteiger partial charge in [0.25, 0.3) is 0 Å². The van der Waals surface area contributed by atoms with Crippen LogP contribution in [0.3, 0.4) is 0 Å². The molecule has 0 amide bonds. The van der Waals surface area contributed by atoms with Crippen molar-refractivity contribution in [2.24, 2.45) is 0 Å². The number of hydrogen-bond donors (Lipinski definition) is 1. The van der Waals surface area contributed by atoms with E-state index < -0.39 is 15.8 Å². The van der Waals surface area contributed by atoms with Crippen molar-refractivity contribution in [2.75, 3.05) is 11.9 Å². The number of sulfonamides is 1. The van der Waals surface area contributed by atoms with Gasteiger partial charge in [0.2, 0.25) is 10.0 Å². The largest absolute Gasteiger partial charge is 0.243 e. The topological polar surface area (TPSA) is 46.2 Å². The Labute approximate surface area is 117 Å². The zero-order valence-electron chi connectivity index (χ0n) is 8.92. The van der Waals surface area contributed by atoms with Crippen LogP contribution < -0.4 is 4.72 Å². The van der Waals surface area contributed by atoms with Crippen LogP contribution in [-0.2, 0) is 10.0 Å². The number of halogens is 3. The van der Waals surface area contributed by atoms with Gasteiger partial charge in [0, 0.05) is 16.3 Å². The van der Waals surface area contributed by atoms with Crippen LogP contribution in [0.25, 0.3) is 0 Å². The van der Waals surface area contributed by atoms with Crippen molar-refractivity contribution in [1.29, 1.82) is 0 Å². The molecule has 17 heavy (non-hydrogen) atoms. The Hall–Kier alpha value is 0.0200. The summed E-state index contributed by atoms with van der Waals surface area (Å²) in [4.78, 5) is -0.320. The normalized spacial score (nSPS) is 11.7. The maximum atomic E-state index is 13.5. The predicted molar refractivity (Wildman–Crippen MR) is 72.3 cm³/mol. The molecule has 96 valence electrons. The second-order valence-electron chi connectivity index (χ2n) is 3.37. The lowest BCUT2D eigenvalue weighted by Crippen LogP contribution is -2.25. The fraction of sp³-hybridized carbons (Fsp3) is 0.400. The molecule has 0 unspecified atom stereocenters. The van der Waals surface area contributed by atoms with Crippen molar-refractivity contribution in [3.8, 4) is 0 Å². The van der Waals surface area contributed by atoms with Gasteiger partial charge >= 0.3 is 0 Å². The maximum Gasteiger partial charge on any atom is 0.243 e. The summed E-state index contributed by atoms with van der Waals surface area (Å²) in [6, 6.07) is 3.87. The number of nitrogens with one attached hydrogen (secondary N) is 1. The second-order valence-corrected chi connectivity index (χ2v) is 6.81. The van der Waals surface area contributed by atoms with E-state index in [4.69, 9.17) is 0 Å². The lowest BCUT2D eigenvalue weighted by atomic mass is 10.3. The number of hydrogen-bond acceptors (Lipinski definition) is 2. The van der Waals surface area contributed by atoms with Crippen LogP contribution in [-0.4, -0.2) is 20.3 Å². The molecule has 0 spiro atoms. The van der Waals surface area contributed by atoms with Gasteiger partial charge in [0.1, 0.15) is 10.7 Å². The second kappa shape index (κ2) is 6.82. The number of alkyl halides is 1. The maximum absolute atomic E-state index is 13.5. The highest BCUT2D eigenvalue weighted by Crippen LogP contribution is 2.19. The van der Waals surface area contributed by atoms with Gasteiger partial charge < -0.3 is 0 Å². The first kappa shape index (κ1) is 15.1. The van der Waals surface area contributed by atoms with Crippen LogP contribution in [0.2, 0.25) is 0 Å². The number of rotatable bonds is 6. The quantitative estimate of drug-likeness (QED) is 0.601. The molecule has 7 heteroatoms. The van der Waals surface area contributed by atoms with Crippen molar-refractivity contribution in [1.82, 2.24) is 4.72 Å². The minimum atomic E-state index is -3.75. The van der Waals surface area contributed by atoms with Crippen molar-refractivity contribution >= 4 is 41.9 Å². The Morgan fingerprint density at radius 3 is 2.59 bits per heavy atom. The molecule has 0 atom stereocenters. The highest BCUT2D eigenvalue weighted by Gasteiger charge is 2.18. The van der Waals surface area contributed by atoms with Gasteiger partial charge in [-0.05, 0) is 31.0 Å². The van der Waals surface area contributed by atoms with Gasteiger partial charge in [-0.2, -0.15) is 0 Å². The van der Waals surface area contributed by atoms with Gasteiger partial charge in [0.05, 0.1) is 0 Å². The van der Waals surface area contributed by atoms with Crippen molar-refractivity contribution in [3.05, 3.63) is 28.5 Å². The molecule has 0 radical (unpaired) electrons. The first-order chi connectivity index (χ1) is 7.97. The summed E-state index contributed by atoms with van der Waals surface area (Å²) in [5.74, 6) is -0.757. The molecule has 0 saturated carbocycles. The van der Waals surface area contributed by atoms with Crippen LogP contribution in [0.5, 0.6) is 0 Å². The minimum Gasteiger partial charge on any atom is -0.211 e. The molecule has 0 heterocycles. The van der Waals surface area contributed by atoms with E-state index in [1.807, 2.05) is 0 Å². The molecule has 0 saturated heterocycles. The summed E-state index contributed by atoms with van der Waals surface area (Å²) in [5.41, 5.74) is 0. The van der Waals surface area contributed by atoms with E-state index in [1.165, 1.54) is 12.1 Å². The van der Waals surface area contributed by atoms with Crippen LogP contribution in [0.15, 0.2) is 27.6 Å². The third-order valence-corrected chi connectivity index (χ3v) is 4.58. The molecule has 1 aromatic carbocycles. The summed E-state index contributed by atoms with van der Waals surface area (Å²) in [6.45, 7) is 0.309. The number of unbranched alkanes of at least 4 members (excludes halogenated alkanes) is 1. The van der Waals surface area contributed by atoms with Gasteiger partial charge in [-0.15, -0.1) is 0 Å². The first-order valence-corrected chi connectivity index (χ1v) is 8.38. The lowest BCUT2D eigenvalue weighted by molar-refractivity contribution is 0.555. The lowest BCUT2D eigenvalue weighted by Gasteiger charge is -2.07. The fourth-order valence-corrected chi connectivity index (χ4v) is 3.06. The molecule has 0 aliphatic carbocycles. The highest BCUT2D eigenvalue weighted by atomic mass is 79.9. The van der Waals surface area contributed by atoms with Gasteiger partial charge in [0.15, 0.2) is 0 Å². The summed E-state index contributed by atoms with van der Waals surface area (Å²) in [5, 5.41) is 0.821. The van der Waals surface area contributed by atoms with E-state index in [0.717, 1.165) is 17.8 Å². The van der Waals surface area contributed by atoms with E-state index in [9.17, 15) is 12.8 Å². The Morgan fingerprint density at radius 2 is 2.00 bits per heavy atom. The summed E-state index contributed by atoms with van der Waals surface area (Å²) in [7, 11) is -3.75. The molecule has 1 aromatic rings. The fourth-order valence-electron chi connectivity index (χ4n) is 1.20. The van der Waals surface area contributed by atoms with Crippen LogP contribution in [0.4, 0.5) is 4.39 Å². The summed E-state index contributed by atoms with van der Waals surface area (Å²) in [6.07, 6.45) is 1.58. The van der Waals surface area contributed by atoms with Crippen molar-refractivity contribution in [3.63, 3.8) is 0 Å². The molecular formula is C10H12Br2FNO2S. The molecule has 3 nitrogen and oxygen atoms in total. The van der Waals surface area contributed by atoms with Gasteiger partial charge in [-0.25, -0.2) is 17.5 Å². The molecule has 0 fully saturated rings. The van der Waals surface area contributed by atoms with Crippen LogP contribution >= 0.6 is 31.9 Å². The van der Waals surface area contributed by atoms with E-state index >= 15 is 0 Å². The van der Waals surface area contributed by atoms with Gasteiger partial charge in [-0.1, -0.05) is 31.9 Å². The summed E-state index contributed by atoms with van der Waals surface area (Å²) >= 11 is 6.33. The Balaban J connectivity index is 2.76. The molecular weight excluding hydrogens is 377 g/mol. The molecule has 0 bridgehead atoms. The zero-order chi connectivity index (χ0) is 12.9. The molecule has 0 aromatic heterocycles. The molecule has 0 aliphatic rings. The average molecular weight is 389 g/mol. The highest BCUT2D eigenvalue weighted by molar-refractivity contribution is 9.10. The van der Waals surface area contributed by atoms with E-state index in [0.29, 0.717) is 17.4 Å². The zero-order valence-corrected chi connectivity index (χ0v) is 12.9. The third-order valence-electron chi connectivity index (χ3n) is 2.04. The minimum absolute atomic E-state index is 0.309. The molecule has 1 rings (SSSR count). The smallest absolute Gasteiger partial charge is 0.211 e. The Morgan fingerprint density at radius 1 is 1.29 bits per heavy atom. The number of benzene rings is 1. The average Bonchev–Trinajstić information content (AvgIpc) is 2.24. The van der Waals surface area contributed by atoms with Crippen LogP contribution in [0, 0.1) is 5.82 Å². The summed E-state index contributed by atoms with van der Waals surface area (Å²) < 4.78 is 39.8. The van der Waals surface area contributed by atoms with E-state index in [2.05, 4.69) is 36.6 Å². The Kier molecular flexibility index (Phi) is 6.05. The molecule has 1 N–H and O–H groups in total. The standard InChI is InChI=1S/C10H12Br2FNO2S/c11-5-1-2-6-14-17(15,16)10-4-3-8(12)7-9(10)13/h3-4,7,14H,1-2,5-6H2. The monoisotopic (exact) mass is 387 g/mol. The van der Waals surface area contributed by atoms with Crippen molar-refractivity contribution in [2.45, 2.75) is 17.7 Å². The van der Waals surface area contributed by atoms with Gasteiger partial charge in [-0.3, -0.25) is 0 Å². The van der Waals surface area contributed by atoms with Crippen LogP contribution in [0.1, 0.15) is 12.8 Å². The molecule has 0 aliphatic heterocycles. The predicted octanol–water partition coefficient (Wildman–Crippen LogP) is 3.04. The third kappa shape index (κ3) is 4.65. The van der Waals surface area contributed by atoms with Crippen molar-refractivity contribution < 1.29 is 12.8 Å². The van der Waals surface area contributed by atoms with E-state index in [1.54, 1.807) is 0 Å².